The van der Waals surface area contributed by atoms with Gasteiger partial charge in [0.25, 0.3) is 0 Å². The van der Waals surface area contributed by atoms with Crippen molar-refractivity contribution in [2.24, 2.45) is 0 Å². The van der Waals surface area contributed by atoms with Crippen LogP contribution in [0.2, 0.25) is 0 Å². The molecule has 0 aliphatic carbocycles. The second kappa shape index (κ2) is 6.01. The van der Waals surface area contributed by atoms with Crippen LogP contribution in [0.15, 0.2) is 10.6 Å². The maximum absolute atomic E-state index is 5.71. The molecular weight excluding hydrogens is 204 g/mol. The number of nitrogens with zero attached hydrogens (tertiary/aromatic N) is 1. The molecule has 0 spiro atoms. The highest BCUT2D eigenvalue weighted by Gasteiger charge is 2.22. The number of hydrogen-bond donors (Lipinski definition) is 1. The molecular formula is C12H22N2O2. The molecule has 1 heterocycles. The Balaban J connectivity index is 2.45. The van der Waals surface area contributed by atoms with Crippen LogP contribution < -0.4 is 5.32 Å². The van der Waals surface area contributed by atoms with Gasteiger partial charge in [0.15, 0.2) is 0 Å². The highest BCUT2D eigenvalue weighted by Crippen LogP contribution is 2.26. The molecule has 0 aromatic carbocycles. The Labute approximate surface area is 97.4 Å². The van der Waals surface area contributed by atoms with Crippen molar-refractivity contribution >= 4 is 0 Å². The van der Waals surface area contributed by atoms with Gasteiger partial charge in [-0.15, -0.1) is 0 Å². The molecule has 4 heteroatoms. The summed E-state index contributed by atoms with van der Waals surface area (Å²) in [6.45, 7) is 8.65. The summed E-state index contributed by atoms with van der Waals surface area (Å²) in [5, 5.41) is 3.20. The van der Waals surface area contributed by atoms with Crippen LogP contribution in [0.1, 0.15) is 38.8 Å². The molecule has 16 heavy (non-hydrogen) atoms. The minimum absolute atomic E-state index is 0.0672. The summed E-state index contributed by atoms with van der Waals surface area (Å²) in [7, 11) is 1.69. The number of nitrogens with one attached hydrogen (secondary N) is 1. The summed E-state index contributed by atoms with van der Waals surface area (Å²) in [5.41, 5.74) is 0.0672. The molecule has 0 radical (unpaired) electrons. The van der Waals surface area contributed by atoms with E-state index in [2.05, 4.69) is 31.1 Å². The van der Waals surface area contributed by atoms with Gasteiger partial charge in [0, 0.05) is 19.1 Å². The zero-order valence-electron chi connectivity index (χ0n) is 10.7. The minimum Gasteiger partial charge on any atom is -0.444 e. The monoisotopic (exact) mass is 226 g/mol. The fourth-order valence-corrected chi connectivity index (χ4v) is 1.25. The summed E-state index contributed by atoms with van der Waals surface area (Å²) < 4.78 is 10.6. The second-order valence-corrected chi connectivity index (χ2v) is 4.53. The van der Waals surface area contributed by atoms with Crippen molar-refractivity contribution in [1.29, 1.82) is 0 Å². The summed E-state index contributed by atoms with van der Waals surface area (Å²) in [6.07, 6.45) is 2.87. The van der Waals surface area contributed by atoms with Crippen molar-refractivity contribution in [2.45, 2.75) is 39.2 Å². The van der Waals surface area contributed by atoms with Gasteiger partial charge in [-0.2, -0.15) is 0 Å². The third-order valence-corrected chi connectivity index (χ3v) is 2.86. The number of ether oxygens (including phenoxy) is 1. The van der Waals surface area contributed by atoms with Gasteiger partial charge in [-0.05, 0) is 6.42 Å². The van der Waals surface area contributed by atoms with Crippen molar-refractivity contribution in [3.63, 3.8) is 0 Å². The second-order valence-electron chi connectivity index (χ2n) is 4.53. The van der Waals surface area contributed by atoms with Crippen LogP contribution in [0, 0.1) is 0 Å². The van der Waals surface area contributed by atoms with E-state index < -0.39 is 0 Å². The first kappa shape index (κ1) is 13.2. The molecule has 0 saturated heterocycles. The van der Waals surface area contributed by atoms with Gasteiger partial charge in [0.1, 0.15) is 5.76 Å². The van der Waals surface area contributed by atoms with E-state index >= 15 is 0 Å². The Kier molecular flexibility index (Phi) is 4.96. The molecule has 0 atom stereocenters. The first-order valence-corrected chi connectivity index (χ1v) is 5.75. The molecule has 1 rings (SSSR count). The number of oxazole rings is 1. The topological polar surface area (TPSA) is 47.3 Å². The predicted molar refractivity (Wildman–Crippen MR) is 63.4 cm³/mol. The lowest BCUT2D eigenvalue weighted by Crippen LogP contribution is -2.18. The van der Waals surface area contributed by atoms with Crippen LogP contribution in [0.4, 0.5) is 0 Å². The van der Waals surface area contributed by atoms with Gasteiger partial charge in [-0.1, -0.05) is 20.8 Å². The van der Waals surface area contributed by atoms with Crippen LogP contribution >= 0.6 is 0 Å². The van der Waals surface area contributed by atoms with E-state index in [1.807, 2.05) is 6.20 Å². The molecule has 1 N–H and O–H groups in total. The third-order valence-electron chi connectivity index (χ3n) is 2.86. The van der Waals surface area contributed by atoms with Crippen LogP contribution in [-0.2, 0) is 16.7 Å². The van der Waals surface area contributed by atoms with Crippen molar-refractivity contribution in [1.82, 2.24) is 10.3 Å². The first-order chi connectivity index (χ1) is 7.60. The van der Waals surface area contributed by atoms with E-state index in [0.29, 0.717) is 13.2 Å². The summed E-state index contributed by atoms with van der Waals surface area (Å²) in [5.74, 6) is 1.70. The molecule has 1 aromatic rings. The highest BCUT2D eigenvalue weighted by atomic mass is 16.5. The summed E-state index contributed by atoms with van der Waals surface area (Å²) in [4.78, 5) is 4.26. The van der Waals surface area contributed by atoms with E-state index in [0.717, 1.165) is 24.6 Å². The minimum atomic E-state index is 0.0672. The average molecular weight is 226 g/mol. The van der Waals surface area contributed by atoms with Crippen molar-refractivity contribution in [3.8, 4) is 0 Å². The Hall–Kier alpha value is -0.870. The van der Waals surface area contributed by atoms with Crippen LogP contribution in [0.3, 0.4) is 0 Å². The van der Waals surface area contributed by atoms with Gasteiger partial charge >= 0.3 is 0 Å². The van der Waals surface area contributed by atoms with Crippen LogP contribution in [-0.4, -0.2) is 25.2 Å². The smallest absolute Gasteiger partial charge is 0.208 e. The summed E-state index contributed by atoms with van der Waals surface area (Å²) >= 11 is 0. The van der Waals surface area contributed by atoms with Crippen LogP contribution in [0.25, 0.3) is 0 Å². The fourth-order valence-electron chi connectivity index (χ4n) is 1.25. The fraction of sp³-hybridized carbons (Fsp3) is 0.750. The molecule has 0 amide bonds. The van der Waals surface area contributed by atoms with Crippen molar-refractivity contribution in [2.75, 3.05) is 20.3 Å². The van der Waals surface area contributed by atoms with E-state index in [4.69, 9.17) is 9.15 Å². The average Bonchev–Trinajstić information content (AvgIpc) is 2.74. The number of methoxy groups -OCH3 is 1. The Morgan fingerprint density at radius 2 is 2.25 bits per heavy atom. The van der Waals surface area contributed by atoms with Gasteiger partial charge in [0.2, 0.25) is 5.89 Å². The SMILES string of the molecule is CCC(C)(C)c1cnc(CNCCOC)o1. The van der Waals surface area contributed by atoms with Gasteiger partial charge in [-0.25, -0.2) is 4.98 Å². The normalized spacial score (nSPS) is 12.0. The van der Waals surface area contributed by atoms with Gasteiger partial charge in [0.05, 0.1) is 19.3 Å². The van der Waals surface area contributed by atoms with Crippen LogP contribution in [0.5, 0.6) is 0 Å². The largest absolute Gasteiger partial charge is 0.444 e. The highest BCUT2D eigenvalue weighted by molar-refractivity contribution is 5.07. The zero-order valence-corrected chi connectivity index (χ0v) is 10.7. The lowest BCUT2D eigenvalue weighted by Gasteiger charge is -2.18. The lowest BCUT2D eigenvalue weighted by atomic mass is 9.88. The molecule has 1 aromatic heterocycles. The molecule has 0 fully saturated rings. The van der Waals surface area contributed by atoms with E-state index in [1.165, 1.54) is 0 Å². The van der Waals surface area contributed by atoms with E-state index in [1.54, 1.807) is 7.11 Å². The third kappa shape index (κ3) is 3.61. The molecule has 4 nitrogen and oxygen atoms in total. The number of rotatable bonds is 7. The standard InChI is InChI=1S/C12H22N2O2/c1-5-12(2,3)10-8-14-11(16-10)9-13-6-7-15-4/h8,13H,5-7,9H2,1-4H3. The molecule has 0 aliphatic rings. The predicted octanol–water partition coefficient (Wildman–Crippen LogP) is 2.10. The Morgan fingerprint density at radius 1 is 1.50 bits per heavy atom. The molecule has 0 aliphatic heterocycles. The maximum atomic E-state index is 5.71. The Morgan fingerprint density at radius 3 is 2.88 bits per heavy atom. The molecule has 0 saturated carbocycles. The van der Waals surface area contributed by atoms with Gasteiger partial charge < -0.3 is 14.5 Å². The Bertz CT molecular complexity index is 308. The molecule has 92 valence electrons. The van der Waals surface area contributed by atoms with E-state index in [9.17, 15) is 0 Å². The number of aromatic nitrogens is 1. The van der Waals surface area contributed by atoms with E-state index in [-0.39, 0.29) is 5.41 Å². The van der Waals surface area contributed by atoms with Crippen molar-refractivity contribution in [3.05, 3.63) is 17.8 Å². The van der Waals surface area contributed by atoms with Crippen molar-refractivity contribution < 1.29 is 9.15 Å². The maximum Gasteiger partial charge on any atom is 0.208 e. The molecule has 0 bridgehead atoms. The zero-order chi connectivity index (χ0) is 12.0. The first-order valence-electron chi connectivity index (χ1n) is 5.75. The number of hydrogen-bond acceptors (Lipinski definition) is 4. The molecule has 0 unspecified atom stereocenters. The van der Waals surface area contributed by atoms with Gasteiger partial charge in [-0.3, -0.25) is 0 Å². The lowest BCUT2D eigenvalue weighted by molar-refractivity contribution is 0.198. The quantitative estimate of drug-likeness (QED) is 0.723. The summed E-state index contributed by atoms with van der Waals surface area (Å²) in [6, 6.07) is 0.